The number of nitrogens with one attached hydrogen (secondary N) is 1. The summed E-state index contributed by atoms with van der Waals surface area (Å²) in [4.78, 5) is 1.06. The predicted molar refractivity (Wildman–Crippen MR) is 105 cm³/mol. The smallest absolute Gasteiger partial charge is 0.216 e. The molecule has 0 radical (unpaired) electrons. The second kappa shape index (κ2) is 7.71. The topological polar surface area (TPSA) is 73.7 Å². The first kappa shape index (κ1) is 18.2. The first-order valence-corrected chi connectivity index (χ1v) is 8.94. The Hall–Kier alpha value is -2.65. The summed E-state index contributed by atoms with van der Waals surface area (Å²) in [5, 5.41) is 13.6. The molecule has 0 bridgehead atoms. The Balaban J connectivity index is 2.10. The third-order valence-corrected chi connectivity index (χ3v) is 4.98. The molecule has 0 aliphatic rings. The highest BCUT2D eigenvalue weighted by molar-refractivity contribution is 7.71. The number of H-pyrrole nitrogens is 1. The molecule has 7 nitrogen and oxygen atoms in total. The average Bonchev–Trinajstić information content (AvgIpc) is 3.23. The van der Waals surface area contributed by atoms with E-state index < -0.39 is 0 Å². The van der Waals surface area contributed by atoms with Crippen LogP contribution in [0.5, 0.6) is 17.2 Å². The van der Waals surface area contributed by atoms with E-state index >= 15 is 0 Å². The van der Waals surface area contributed by atoms with E-state index in [1.807, 2.05) is 18.4 Å². The van der Waals surface area contributed by atoms with Crippen molar-refractivity contribution in [3.05, 3.63) is 38.8 Å². The number of aryl methyl sites for hydroxylation is 1. The first-order chi connectivity index (χ1) is 12.6. The minimum atomic E-state index is 0.388. The van der Waals surface area contributed by atoms with E-state index in [-0.39, 0.29) is 0 Å². The lowest BCUT2D eigenvalue weighted by molar-refractivity contribution is 0.324. The fourth-order valence-electron chi connectivity index (χ4n) is 2.42. The maximum absolute atomic E-state index is 5.41. The van der Waals surface area contributed by atoms with Crippen LogP contribution in [-0.4, -0.2) is 42.4 Å². The molecule has 9 heteroatoms. The molecule has 136 valence electrons. The summed E-state index contributed by atoms with van der Waals surface area (Å²) in [7, 11) is 4.69. The first-order valence-electron chi connectivity index (χ1n) is 7.65. The van der Waals surface area contributed by atoms with E-state index in [1.54, 1.807) is 55.7 Å². The number of thiophene rings is 1. The van der Waals surface area contributed by atoms with Gasteiger partial charge in [-0.15, -0.1) is 11.3 Å². The van der Waals surface area contributed by atoms with Gasteiger partial charge in [-0.3, -0.25) is 0 Å². The summed E-state index contributed by atoms with van der Waals surface area (Å²) in [6.45, 7) is 2.03. The third kappa shape index (κ3) is 3.35. The van der Waals surface area contributed by atoms with Crippen LogP contribution >= 0.6 is 23.6 Å². The third-order valence-electron chi connectivity index (χ3n) is 3.77. The van der Waals surface area contributed by atoms with Gasteiger partial charge in [-0.2, -0.15) is 14.9 Å². The molecule has 0 aliphatic carbocycles. The largest absolute Gasteiger partial charge is 0.493 e. The Morgan fingerprint density at radius 3 is 2.42 bits per heavy atom. The van der Waals surface area contributed by atoms with E-state index in [9.17, 15) is 0 Å². The molecule has 0 unspecified atom stereocenters. The highest BCUT2D eigenvalue weighted by Gasteiger charge is 2.17. The van der Waals surface area contributed by atoms with Gasteiger partial charge in [-0.05, 0) is 48.3 Å². The molecule has 2 aromatic heterocycles. The molecule has 1 N–H and O–H groups in total. The van der Waals surface area contributed by atoms with Crippen molar-refractivity contribution in [2.24, 2.45) is 5.10 Å². The van der Waals surface area contributed by atoms with Crippen LogP contribution in [0, 0.1) is 11.7 Å². The molecular formula is C17H18N4O3S2. The van der Waals surface area contributed by atoms with Crippen molar-refractivity contribution in [1.29, 1.82) is 0 Å². The Morgan fingerprint density at radius 2 is 1.88 bits per heavy atom. The number of ether oxygens (including phenoxy) is 3. The molecule has 0 amide bonds. The van der Waals surface area contributed by atoms with Crippen molar-refractivity contribution in [3.8, 4) is 28.6 Å². The van der Waals surface area contributed by atoms with Crippen molar-refractivity contribution in [2.45, 2.75) is 6.92 Å². The van der Waals surface area contributed by atoms with Crippen LogP contribution in [0.3, 0.4) is 0 Å². The summed E-state index contributed by atoms with van der Waals surface area (Å²) in [5.41, 5.74) is 1.88. The van der Waals surface area contributed by atoms with E-state index in [0.717, 1.165) is 16.0 Å². The fourth-order valence-corrected chi connectivity index (χ4v) is 3.38. The minimum Gasteiger partial charge on any atom is -0.493 e. The van der Waals surface area contributed by atoms with Crippen LogP contribution in [-0.2, 0) is 0 Å². The zero-order valence-electron chi connectivity index (χ0n) is 14.8. The minimum absolute atomic E-state index is 0.388. The Morgan fingerprint density at radius 1 is 1.19 bits per heavy atom. The quantitative estimate of drug-likeness (QED) is 0.511. The Labute approximate surface area is 159 Å². The number of benzene rings is 1. The van der Waals surface area contributed by atoms with Gasteiger partial charge < -0.3 is 14.2 Å². The standard InChI is InChI=1S/C17H18N4O3S2/c1-10-5-6-26-14(10)9-18-21-16(19-20-17(21)25)11-7-12(22-2)15(24-4)13(8-11)23-3/h5-9H,1-4H3,(H,20,25). The van der Waals surface area contributed by atoms with Crippen molar-refractivity contribution in [2.75, 3.05) is 21.3 Å². The molecule has 26 heavy (non-hydrogen) atoms. The zero-order valence-corrected chi connectivity index (χ0v) is 16.4. The van der Waals surface area contributed by atoms with Gasteiger partial charge in [0.2, 0.25) is 10.5 Å². The number of rotatable bonds is 6. The number of nitrogens with zero attached hydrogens (tertiary/aromatic N) is 3. The lowest BCUT2D eigenvalue weighted by Crippen LogP contribution is -1.99. The summed E-state index contributed by atoms with van der Waals surface area (Å²) in [6.07, 6.45) is 1.77. The normalized spacial score (nSPS) is 11.1. The molecule has 0 saturated carbocycles. The summed E-state index contributed by atoms with van der Waals surface area (Å²) in [6, 6.07) is 5.64. The van der Waals surface area contributed by atoms with Crippen molar-refractivity contribution >= 4 is 29.8 Å². The SMILES string of the molecule is COc1cc(-c2n[nH]c(=S)n2N=Cc2sccc2C)cc(OC)c1OC. The lowest BCUT2D eigenvalue weighted by Gasteiger charge is -2.13. The van der Waals surface area contributed by atoms with Gasteiger partial charge in [0, 0.05) is 5.56 Å². The number of aromatic amines is 1. The Bertz CT molecular complexity index is 979. The van der Waals surface area contributed by atoms with Crippen molar-refractivity contribution in [3.63, 3.8) is 0 Å². The Kier molecular flexibility index (Phi) is 5.38. The molecule has 0 fully saturated rings. The predicted octanol–water partition coefficient (Wildman–Crippen LogP) is 3.89. The van der Waals surface area contributed by atoms with E-state index in [4.69, 9.17) is 26.4 Å². The highest BCUT2D eigenvalue weighted by atomic mass is 32.1. The number of hydrogen-bond acceptors (Lipinski definition) is 7. The molecule has 0 aliphatic heterocycles. The van der Waals surface area contributed by atoms with Gasteiger partial charge in [0.15, 0.2) is 17.3 Å². The van der Waals surface area contributed by atoms with Gasteiger partial charge >= 0.3 is 0 Å². The zero-order chi connectivity index (χ0) is 18.7. The monoisotopic (exact) mass is 390 g/mol. The molecule has 3 aromatic rings. The molecule has 0 atom stereocenters. The second-order valence-electron chi connectivity index (χ2n) is 5.29. The van der Waals surface area contributed by atoms with E-state index in [2.05, 4.69) is 15.3 Å². The summed E-state index contributed by atoms with van der Waals surface area (Å²) < 4.78 is 18.1. The van der Waals surface area contributed by atoms with Crippen LogP contribution < -0.4 is 14.2 Å². The number of aromatic nitrogens is 3. The van der Waals surface area contributed by atoms with Crippen LogP contribution in [0.2, 0.25) is 0 Å². The number of methoxy groups -OCH3 is 3. The fraction of sp³-hybridized carbons (Fsp3) is 0.235. The molecule has 0 spiro atoms. The second-order valence-corrected chi connectivity index (χ2v) is 6.63. The van der Waals surface area contributed by atoms with Crippen LogP contribution in [0.25, 0.3) is 11.4 Å². The highest BCUT2D eigenvalue weighted by Crippen LogP contribution is 2.40. The van der Waals surface area contributed by atoms with Gasteiger partial charge in [0.05, 0.1) is 32.4 Å². The van der Waals surface area contributed by atoms with Gasteiger partial charge in [-0.1, -0.05) is 0 Å². The molecular weight excluding hydrogens is 372 g/mol. The van der Waals surface area contributed by atoms with Crippen LogP contribution in [0.1, 0.15) is 10.4 Å². The molecule has 1 aromatic carbocycles. The van der Waals surface area contributed by atoms with E-state index in [1.165, 1.54) is 0 Å². The van der Waals surface area contributed by atoms with Gasteiger partial charge in [0.1, 0.15) is 0 Å². The van der Waals surface area contributed by atoms with Crippen molar-refractivity contribution in [1.82, 2.24) is 14.9 Å². The summed E-state index contributed by atoms with van der Waals surface area (Å²) >= 11 is 6.93. The van der Waals surface area contributed by atoms with E-state index in [0.29, 0.717) is 27.8 Å². The number of hydrogen-bond donors (Lipinski definition) is 1. The van der Waals surface area contributed by atoms with Gasteiger partial charge in [0.25, 0.3) is 0 Å². The summed E-state index contributed by atoms with van der Waals surface area (Å²) in [5.74, 6) is 2.11. The average molecular weight is 390 g/mol. The lowest BCUT2D eigenvalue weighted by atomic mass is 10.1. The van der Waals surface area contributed by atoms with Crippen LogP contribution in [0.15, 0.2) is 28.7 Å². The molecule has 0 saturated heterocycles. The molecule has 2 heterocycles. The maximum Gasteiger partial charge on any atom is 0.216 e. The van der Waals surface area contributed by atoms with Crippen molar-refractivity contribution < 1.29 is 14.2 Å². The maximum atomic E-state index is 5.41. The van der Waals surface area contributed by atoms with Gasteiger partial charge in [-0.25, -0.2) is 5.10 Å². The molecule has 3 rings (SSSR count). The van der Waals surface area contributed by atoms with Crippen LogP contribution in [0.4, 0.5) is 0 Å².